The molecular weight excluding hydrogens is 340 g/mol. The van der Waals surface area contributed by atoms with E-state index in [-0.39, 0.29) is 18.4 Å². The molecule has 2 amide bonds. The van der Waals surface area contributed by atoms with Crippen molar-refractivity contribution in [3.8, 4) is 5.75 Å². The van der Waals surface area contributed by atoms with E-state index in [0.29, 0.717) is 18.2 Å². The molecule has 1 atom stereocenters. The van der Waals surface area contributed by atoms with Crippen LogP contribution < -0.4 is 10.1 Å². The average molecular weight is 368 g/mol. The van der Waals surface area contributed by atoms with Crippen molar-refractivity contribution >= 4 is 11.8 Å². The van der Waals surface area contributed by atoms with Crippen LogP contribution in [0.3, 0.4) is 0 Å². The molecular formula is C22H28N2O3. The smallest absolute Gasteiger partial charge is 0.261 e. The summed E-state index contributed by atoms with van der Waals surface area (Å²) in [7, 11) is 1.57. The topological polar surface area (TPSA) is 58.6 Å². The molecule has 1 unspecified atom stereocenters. The zero-order valence-electron chi connectivity index (χ0n) is 16.4. The Kier molecular flexibility index (Phi) is 7.41. The largest absolute Gasteiger partial charge is 0.483 e. The number of hydrogen-bond acceptors (Lipinski definition) is 3. The molecule has 0 aliphatic rings. The van der Waals surface area contributed by atoms with Gasteiger partial charge in [-0.3, -0.25) is 9.59 Å². The third-order valence-electron chi connectivity index (χ3n) is 4.50. The number of para-hydroxylation sites is 1. The Morgan fingerprint density at radius 3 is 2.26 bits per heavy atom. The Morgan fingerprint density at radius 2 is 1.63 bits per heavy atom. The van der Waals surface area contributed by atoms with Crippen molar-refractivity contribution in [1.29, 1.82) is 0 Å². The normalized spacial score (nSPS) is 11.7. The number of carbonyl (C=O) groups is 2. The van der Waals surface area contributed by atoms with Gasteiger partial charge < -0.3 is 15.0 Å². The van der Waals surface area contributed by atoms with E-state index in [4.69, 9.17) is 4.74 Å². The van der Waals surface area contributed by atoms with Crippen LogP contribution >= 0.6 is 0 Å². The minimum absolute atomic E-state index is 0.113. The molecule has 2 rings (SSSR count). The van der Waals surface area contributed by atoms with Crippen molar-refractivity contribution in [2.24, 2.45) is 0 Å². The minimum atomic E-state index is -0.591. The first-order chi connectivity index (χ1) is 12.9. The number of ether oxygens (including phenoxy) is 1. The van der Waals surface area contributed by atoms with Gasteiger partial charge in [-0.1, -0.05) is 62.4 Å². The van der Waals surface area contributed by atoms with E-state index in [2.05, 4.69) is 19.2 Å². The summed E-state index contributed by atoms with van der Waals surface area (Å²) in [5.74, 6) is 0.560. The van der Waals surface area contributed by atoms with Gasteiger partial charge in [0.25, 0.3) is 5.91 Å². The van der Waals surface area contributed by atoms with E-state index in [0.717, 1.165) is 11.1 Å². The van der Waals surface area contributed by atoms with Crippen molar-refractivity contribution in [2.45, 2.75) is 39.3 Å². The molecule has 27 heavy (non-hydrogen) atoms. The number of amides is 2. The van der Waals surface area contributed by atoms with Gasteiger partial charge in [-0.2, -0.15) is 0 Å². The summed E-state index contributed by atoms with van der Waals surface area (Å²) in [6.45, 7) is 6.13. The molecule has 0 saturated heterocycles. The Balaban J connectivity index is 2.15. The second-order valence-corrected chi connectivity index (χ2v) is 6.78. The van der Waals surface area contributed by atoms with Crippen molar-refractivity contribution in [2.75, 3.05) is 13.7 Å². The SMILES string of the molecule is CNC(=O)C(C)N(Cc1ccccc1)C(=O)COc1ccccc1C(C)C. The summed E-state index contributed by atoms with van der Waals surface area (Å²) in [5, 5.41) is 2.61. The van der Waals surface area contributed by atoms with Crippen LogP contribution in [0.15, 0.2) is 54.6 Å². The number of nitrogens with one attached hydrogen (secondary N) is 1. The van der Waals surface area contributed by atoms with Gasteiger partial charge in [-0.15, -0.1) is 0 Å². The lowest BCUT2D eigenvalue weighted by atomic mass is 10.0. The minimum Gasteiger partial charge on any atom is -0.483 e. The Bertz CT molecular complexity index is 759. The third-order valence-corrected chi connectivity index (χ3v) is 4.50. The summed E-state index contributed by atoms with van der Waals surface area (Å²) < 4.78 is 5.82. The predicted octanol–water partition coefficient (Wildman–Crippen LogP) is 3.35. The van der Waals surface area contributed by atoms with Gasteiger partial charge in [0.05, 0.1) is 0 Å². The van der Waals surface area contributed by atoms with Gasteiger partial charge in [-0.25, -0.2) is 0 Å². The monoisotopic (exact) mass is 368 g/mol. The van der Waals surface area contributed by atoms with E-state index in [1.807, 2.05) is 54.6 Å². The second-order valence-electron chi connectivity index (χ2n) is 6.78. The molecule has 0 bridgehead atoms. The van der Waals surface area contributed by atoms with Gasteiger partial charge in [0.15, 0.2) is 6.61 Å². The molecule has 0 fully saturated rings. The standard InChI is InChI=1S/C22H28N2O3/c1-16(2)19-12-8-9-13-20(19)27-15-21(25)24(17(3)22(26)23-4)14-18-10-6-5-7-11-18/h5-13,16-17H,14-15H2,1-4H3,(H,23,26). The van der Waals surface area contributed by atoms with Crippen LogP contribution in [-0.4, -0.2) is 36.4 Å². The number of benzene rings is 2. The van der Waals surface area contributed by atoms with Gasteiger partial charge in [0.2, 0.25) is 5.91 Å². The van der Waals surface area contributed by atoms with Crippen LogP contribution in [0.1, 0.15) is 37.8 Å². The maximum absolute atomic E-state index is 12.9. The average Bonchev–Trinajstić information content (AvgIpc) is 2.70. The highest BCUT2D eigenvalue weighted by molar-refractivity contribution is 5.87. The Morgan fingerprint density at radius 1 is 1.00 bits per heavy atom. The summed E-state index contributed by atoms with van der Waals surface area (Å²) in [4.78, 5) is 26.6. The summed E-state index contributed by atoms with van der Waals surface area (Å²) in [6, 6.07) is 16.7. The second kappa shape index (κ2) is 9.76. The van der Waals surface area contributed by atoms with Gasteiger partial charge in [-0.05, 0) is 30.0 Å². The van der Waals surface area contributed by atoms with Crippen molar-refractivity contribution < 1.29 is 14.3 Å². The predicted molar refractivity (Wildman–Crippen MR) is 107 cm³/mol. The lowest BCUT2D eigenvalue weighted by Gasteiger charge is -2.28. The fourth-order valence-corrected chi connectivity index (χ4v) is 2.88. The fraction of sp³-hybridized carbons (Fsp3) is 0.364. The number of carbonyl (C=O) groups excluding carboxylic acids is 2. The van der Waals surface area contributed by atoms with Crippen LogP contribution in [0.25, 0.3) is 0 Å². The Hall–Kier alpha value is -2.82. The number of rotatable bonds is 8. The highest BCUT2D eigenvalue weighted by Gasteiger charge is 2.26. The molecule has 5 nitrogen and oxygen atoms in total. The van der Waals surface area contributed by atoms with Gasteiger partial charge >= 0.3 is 0 Å². The van der Waals surface area contributed by atoms with Crippen molar-refractivity contribution in [1.82, 2.24) is 10.2 Å². The maximum atomic E-state index is 12.9. The lowest BCUT2D eigenvalue weighted by molar-refractivity contribution is -0.142. The quantitative estimate of drug-likeness (QED) is 0.777. The molecule has 144 valence electrons. The van der Waals surface area contributed by atoms with Crippen LogP contribution in [0.2, 0.25) is 0 Å². The zero-order valence-corrected chi connectivity index (χ0v) is 16.4. The summed E-state index contributed by atoms with van der Waals surface area (Å²) in [5.41, 5.74) is 2.02. The number of nitrogens with zero attached hydrogens (tertiary/aromatic N) is 1. The fourth-order valence-electron chi connectivity index (χ4n) is 2.88. The van der Waals surface area contributed by atoms with Gasteiger partial charge in [0, 0.05) is 13.6 Å². The van der Waals surface area contributed by atoms with Crippen molar-refractivity contribution in [3.63, 3.8) is 0 Å². The molecule has 2 aromatic carbocycles. The van der Waals surface area contributed by atoms with E-state index >= 15 is 0 Å². The molecule has 0 spiro atoms. The van der Waals surface area contributed by atoms with E-state index in [9.17, 15) is 9.59 Å². The van der Waals surface area contributed by atoms with E-state index in [1.54, 1.807) is 18.9 Å². The van der Waals surface area contributed by atoms with E-state index < -0.39 is 6.04 Å². The molecule has 5 heteroatoms. The van der Waals surface area contributed by atoms with Crippen LogP contribution in [-0.2, 0) is 16.1 Å². The highest BCUT2D eigenvalue weighted by Crippen LogP contribution is 2.26. The van der Waals surface area contributed by atoms with Crippen LogP contribution in [0.4, 0.5) is 0 Å². The third kappa shape index (κ3) is 5.58. The Labute approximate surface area is 161 Å². The molecule has 0 aliphatic heterocycles. The van der Waals surface area contributed by atoms with Crippen LogP contribution in [0.5, 0.6) is 5.75 Å². The van der Waals surface area contributed by atoms with Crippen molar-refractivity contribution in [3.05, 3.63) is 65.7 Å². The summed E-state index contributed by atoms with van der Waals surface area (Å²) in [6.07, 6.45) is 0. The molecule has 1 N–H and O–H groups in total. The molecule has 2 aromatic rings. The van der Waals surface area contributed by atoms with E-state index in [1.165, 1.54) is 0 Å². The highest BCUT2D eigenvalue weighted by atomic mass is 16.5. The zero-order chi connectivity index (χ0) is 19.8. The maximum Gasteiger partial charge on any atom is 0.261 e. The number of likely N-dealkylation sites (N-methyl/N-ethyl adjacent to an activating group) is 1. The molecule has 0 radical (unpaired) electrons. The molecule has 0 saturated carbocycles. The molecule has 0 heterocycles. The first-order valence-corrected chi connectivity index (χ1v) is 9.20. The van der Waals surface area contributed by atoms with Gasteiger partial charge in [0.1, 0.15) is 11.8 Å². The molecule has 0 aliphatic carbocycles. The lowest BCUT2D eigenvalue weighted by Crippen LogP contribution is -2.48. The molecule has 0 aromatic heterocycles. The summed E-state index contributed by atoms with van der Waals surface area (Å²) >= 11 is 0. The van der Waals surface area contributed by atoms with Crippen LogP contribution in [0, 0.1) is 0 Å². The number of hydrogen-bond donors (Lipinski definition) is 1. The first-order valence-electron chi connectivity index (χ1n) is 9.20. The first kappa shape index (κ1) is 20.5.